The van der Waals surface area contributed by atoms with E-state index in [0.29, 0.717) is 6.54 Å². The first-order valence-corrected chi connectivity index (χ1v) is 4.04. The van der Waals surface area contributed by atoms with Gasteiger partial charge in [-0.25, -0.2) is 4.68 Å². The van der Waals surface area contributed by atoms with Crippen LogP contribution in [-0.2, 0) is 6.54 Å². The lowest BCUT2D eigenvalue weighted by atomic mass is 10.4. The zero-order chi connectivity index (χ0) is 9.10. The van der Waals surface area contributed by atoms with Crippen molar-refractivity contribution < 1.29 is 0 Å². The van der Waals surface area contributed by atoms with Crippen molar-refractivity contribution in [2.45, 2.75) is 6.54 Å². The van der Waals surface area contributed by atoms with Crippen molar-refractivity contribution in [3.05, 3.63) is 42.5 Å². The summed E-state index contributed by atoms with van der Waals surface area (Å²) in [6.07, 6.45) is 7.15. The molecule has 0 radical (unpaired) electrons. The SMILES string of the molecule is NCc1cnn(-c2ccncc2)c1. The highest BCUT2D eigenvalue weighted by Crippen LogP contribution is 2.05. The summed E-state index contributed by atoms with van der Waals surface area (Å²) in [6, 6.07) is 3.79. The average molecular weight is 174 g/mol. The van der Waals surface area contributed by atoms with Crippen molar-refractivity contribution >= 4 is 0 Å². The van der Waals surface area contributed by atoms with Crippen LogP contribution in [0.4, 0.5) is 0 Å². The van der Waals surface area contributed by atoms with Crippen molar-refractivity contribution in [1.29, 1.82) is 0 Å². The van der Waals surface area contributed by atoms with Crippen molar-refractivity contribution in [1.82, 2.24) is 14.8 Å². The lowest BCUT2D eigenvalue weighted by Crippen LogP contribution is -1.95. The molecule has 0 aromatic carbocycles. The molecule has 2 aromatic heterocycles. The van der Waals surface area contributed by atoms with E-state index in [9.17, 15) is 0 Å². The lowest BCUT2D eigenvalue weighted by Gasteiger charge is -1.97. The van der Waals surface area contributed by atoms with E-state index >= 15 is 0 Å². The normalized spacial score (nSPS) is 10.2. The van der Waals surface area contributed by atoms with Crippen LogP contribution in [0, 0.1) is 0 Å². The monoisotopic (exact) mass is 174 g/mol. The molecule has 0 amide bonds. The fourth-order valence-electron chi connectivity index (χ4n) is 1.10. The molecule has 0 unspecified atom stereocenters. The summed E-state index contributed by atoms with van der Waals surface area (Å²) < 4.78 is 1.78. The first kappa shape index (κ1) is 7.94. The topological polar surface area (TPSA) is 56.7 Å². The molecule has 4 nitrogen and oxygen atoms in total. The van der Waals surface area contributed by atoms with E-state index in [1.54, 1.807) is 23.3 Å². The smallest absolute Gasteiger partial charge is 0.0676 e. The first-order valence-electron chi connectivity index (χ1n) is 4.04. The number of nitrogens with two attached hydrogens (primary N) is 1. The minimum absolute atomic E-state index is 0.519. The van der Waals surface area contributed by atoms with Crippen LogP contribution in [-0.4, -0.2) is 14.8 Å². The molecule has 0 spiro atoms. The summed E-state index contributed by atoms with van der Waals surface area (Å²) in [7, 11) is 0. The first-order chi connectivity index (χ1) is 6.40. The average Bonchev–Trinajstić information content (AvgIpc) is 2.67. The molecule has 13 heavy (non-hydrogen) atoms. The second-order valence-corrected chi connectivity index (χ2v) is 2.70. The minimum Gasteiger partial charge on any atom is -0.326 e. The minimum atomic E-state index is 0.519. The largest absolute Gasteiger partial charge is 0.326 e. The van der Waals surface area contributed by atoms with E-state index in [1.807, 2.05) is 18.3 Å². The Balaban J connectivity index is 2.36. The van der Waals surface area contributed by atoms with Gasteiger partial charge >= 0.3 is 0 Å². The molecule has 0 fully saturated rings. The van der Waals surface area contributed by atoms with Gasteiger partial charge in [-0.1, -0.05) is 0 Å². The predicted octanol–water partition coefficient (Wildman–Crippen LogP) is 0.726. The fourth-order valence-corrected chi connectivity index (χ4v) is 1.10. The van der Waals surface area contributed by atoms with E-state index < -0.39 is 0 Å². The lowest BCUT2D eigenvalue weighted by molar-refractivity contribution is 0.876. The van der Waals surface area contributed by atoms with E-state index in [4.69, 9.17) is 5.73 Å². The zero-order valence-electron chi connectivity index (χ0n) is 7.09. The molecule has 2 rings (SSSR count). The number of aromatic nitrogens is 3. The fraction of sp³-hybridized carbons (Fsp3) is 0.111. The van der Waals surface area contributed by atoms with Gasteiger partial charge in [0.05, 0.1) is 11.9 Å². The summed E-state index contributed by atoms with van der Waals surface area (Å²) >= 11 is 0. The van der Waals surface area contributed by atoms with Crippen LogP contribution < -0.4 is 5.73 Å². The highest BCUT2D eigenvalue weighted by atomic mass is 15.3. The second-order valence-electron chi connectivity index (χ2n) is 2.70. The standard InChI is InChI=1S/C9H10N4/c10-5-8-6-12-13(7-8)9-1-3-11-4-2-9/h1-4,6-7H,5,10H2. The number of hydrogen-bond donors (Lipinski definition) is 1. The maximum absolute atomic E-state index is 5.48. The Morgan fingerprint density at radius 3 is 2.69 bits per heavy atom. The molecule has 66 valence electrons. The van der Waals surface area contributed by atoms with Gasteiger partial charge in [-0.15, -0.1) is 0 Å². The number of nitrogens with zero attached hydrogens (tertiary/aromatic N) is 3. The van der Waals surface area contributed by atoms with Gasteiger partial charge in [0.1, 0.15) is 0 Å². The quantitative estimate of drug-likeness (QED) is 0.730. The Kier molecular flexibility index (Phi) is 2.06. The van der Waals surface area contributed by atoms with E-state index in [-0.39, 0.29) is 0 Å². The van der Waals surface area contributed by atoms with Crippen molar-refractivity contribution in [3.63, 3.8) is 0 Å². The van der Waals surface area contributed by atoms with Crippen molar-refractivity contribution in [2.75, 3.05) is 0 Å². The van der Waals surface area contributed by atoms with Gasteiger partial charge in [0.2, 0.25) is 0 Å². The van der Waals surface area contributed by atoms with E-state index in [2.05, 4.69) is 10.1 Å². The molecular weight excluding hydrogens is 164 g/mol. The summed E-state index contributed by atoms with van der Waals surface area (Å²) in [4.78, 5) is 3.93. The van der Waals surface area contributed by atoms with Gasteiger partial charge in [0, 0.05) is 30.7 Å². The third-order valence-corrected chi connectivity index (χ3v) is 1.80. The van der Waals surface area contributed by atoms with E-state index in [1.165, 1.54) is 0 Å². The summed E-state index contributed by atoms with van der Waals surface area (Å²) in [5.41, 5.74) is 7.50. The van der Waals surface area contributed by atoms with Gasteiger partial charge in [0.15, 0.2) is 0 Å². The Morgan fingerprint density at radius 1 is 1.31 bits per heavy atom. The van der Waals surface area contributed by atoms with Crippen LogP contribution in [0.25, 0.3) is 5.69 Å². The molecule has 0 aliphatic rings. The van der Waals surface area contributed by atoms with Gasteiger partial charge < -0.3 is 5.73 Å². The Labute approximate surface area is 76.0 Å². The predicted molar refractivity (Wildman–Crippen MR) is 49.3 cm³/mol. The van der Waals surface area contributed by atoms with Crippen LogP contribution in [0.3, 0.4) is 0 Å². The third kappa shape index (κ3) is 1.57. The van der Waals surface area contributed by atoms with E-state index in [0.717, 1.165) is 11.3 Å². The van der Waals surface area contributed by atoms with Crippen molar-refractivity contribution in [3.8, 4) is 5.69 Å². The van der Waals surface area contributed by atoms with Crippen LogP contribution in [0.2, 0.25) is 0 Å². The van der Waals surface area contributed by atoms with Crippen molar-refractivity contribution in [2.24, 2.45) is 5.73 Å². The highest BCUT2D eigenvalue weighted by molar-refractivity contribution is 5.28. The molecule has 0 atom stereocenters. The molecule has 2 N–H and O–H groups in total. The third-order valence-electron chi connectivity index (χ3n) is 1.80. The molecule has 2 heterocycles. The molecule has 0 aliphatic heterocycles. The molecule has 4 heteroatoms. The number of rotatable bonds is 2. The summed E-state index contributed by atoms with van der Waals surface area (Å²) in [5.74, 6) is 0. The summed E-state index contributed by atoms with van der Waals surface area (Å²) in [6.45, 7) is 0.519. The molecule has 0 aliphatic carbocycles. The van der Waals surface area contributed by atoms with Gasteiger partial charge in [-0.05, 0) is 12.1 Å². The summed E-state index contributed by atoms with van der Waals surface area (Å²) in [5, 5.41) is 4.17. The number of hydrogen-bond acceptors (Lipinski definition) is 3. The van der Waals surface area contributed by atoms with Crippen LogP contribution in [0.1, 0.15) is 5.56 Å². The Hall–Kier alpha value is -1.68. The Bertz CT molecular complexity index is 380. The van der Waals surface area contributed by atoms with Gasteiger partial charge in [0.25, 0.3) is 0 Å². The molecule has 0 bridgehead atoms. The van der Waals surface area contributed by atoms with Crippen LogP contribution >= 0.6 is 0 Å². The van der Waals surface area contributed by atoms with Gasteiger partial charge in [-0.3, -0.25) is 4.98 Å². The number of pyridine rings is 1. The molecular formula is C9H10N4. The molecule has 0 saturated carbocycles. The maximum Gasteiger partial charge on any atom is 0.0676 e. The molecule has 0 saturated heterocycles. The van der Waals surface area contributed by atoms with Gasteiger partial charge in [-0.2, -0.15) is 5.10 Å². The zero-order valence-corrected chi connectivity index (χ0v) is 7.09. The Morgan fingerprint density at radius 2 is 2.08 bits per heavy atom. The molecule has 2 aromatic rings. The van der Waals surface area contributed by atoms with Crippen LogP contribution in [0.5, 0.6) is 0 Å². The highest BCUT2D eigenvalue weighted by Gasteiger charge is 1.97. The maximum atomic E-state index is 5.48. The second kappa shape index (κ2) is 3.37. The van der Waals surface area contributed by atoms with Crippen LogP contribution in [0.15, 0.2) is 36.9 Å².